The van der Waals surface area contributed by atoms with E-state index >= 15 is 0 Å². The van der Waals surface area contributed by atoms with Crippen molar-refractivity contribution < 1.29 is 8.42 Å². The van der Waals surface area contributed by atoms with Gasteiger partial charge < -0.3 is 5.73 Å². The van der Waals surface area contributed by atoms with Crippen molar-refractivity contribution >= 4 is 34.0 Å². The molecule has 18 heavy (non-hydrogen) atoms. The summed E-state index contributed by atoms with van der Waals surface area (Å²) in [7, 11) is -3.46. The highest BCUT2D eigenvalue weighted by molar-refractivity contribution is 7.89. The monoisotopic (exact) mass is 310 g/mol. The lowest BCUT2D eigenvalue weighted by Gasteiger charge is -2.17. The van der Waals surface area contributed by atoms with Gasteiger partial charge in [0.1, 0.15) is 0 Å². The van der Waals surface area contributed by atoms with E-state index in [1.165, 1.54) is 10.4 Å². The maximum atomic E-state index is 12.4. The molecule has 1 fully saturated rings. The first kappa shape index (κ1) is 15.7. The molecule has 0 bridgehead atoms. The summed E-state index contributed by atoms with van der Waals surface area (Å²) in [4.78, 5) is 0.277. The first-order chi connectivity index (χ1) is 7.91. The molecule has 1 heterocycles. The maximum Gasteiger partial charge on any atom is 0.243 e. The van der Waals surface area contributed by atoms with Gasteiger partial charge in [0.2, 0.25) is 10.0 Å². The highest BCUT2D eigenvalue weighted by Gasteiger charge is 2.31. The molecule has 0 spiro atoms. The van der Waals surface area contributed by atoms with Gasteiger partial charge in [-0.2, -0.15) is 4.31 Å². The average Bonchev–Trinajstić information content (AvgIpc) is 2.69. The van der Waals surface area contributed by atoms with Crippen LogP contribution in [0, 0.1) is 6.92 Å². The molecule has 4 nitrogen and oxygen atoms in total. The van der Waals surface area contributed by atoms with Crippen molar-refractivity contribution in [1.82, 2.24) is 4.31 Å². The van der Waals surface area contributed by atoms with Crippen LogP contribution in [0.1, 0.15) is 12.0 Å². The Morgan fingerprint density at radius 3 is 2.67 bits per heavy atom. The van der Waals surface area contributed by atoms with Crippen LogP contribution in [0.2, 0.25) is 5.02 Å². The van der Waals surface area contributed by atoms with Gasteiger partial charge in [-0.1, -0.05) is 17.7 Å². The fraction of sp³-hybridized carbons (Fsp3) is 0.455. The van der Waals surface area contributed by atoms with E-state index in [2.05, 4.69) is 0 Å². The second-order valence-electron chi connectivity index (χ2n) is 4.32. The smallest absolute Gasteiger partial charge is 0.243 e. The minimum absolute atomic E-state index is 0. The standard InChI is InChI=1S/C11H15ClN2O2S.ClH/c1-8-2-3-9(12)6-11(8)17(15,16)14-5-4-10(13)7-14;/h2-3,6,10H,4-5,7,13H2,1H3;1H. The topological polar surface area (TPSA) is 63.4 Å². The molecule has 2 N–H and O–H groups in total. The Kier molecular flexibility index (Phi) is 5.03. The van der Waals surface area contributed by atoms with Gasteiger partial charge in [0.15, 0.2) is 0 Å². The summed E-state index contributed by atoms with van der Waals surface area (Å²) in [5.74, 6) is 0. The molecule has 1 unspecified atom stereocenters. The molecule has 1 saturated heterocycles. The largest absolute Gasteiger partial charge is 0.326 e. The van der Waals surface area contributed by atoms with Gasteiger partial charge in [0.25, 0.3) is 0 Å². The van der Waals surface area contributed by atoms with Crippen LogP contribution in [0.25, 0.3) is 0 Å². The van der Waals surface area contributed by atoms with Crippen LogP contribution in [-0.2, 0) is 10.0 Å². The molecule has 1 aliphatic rings. The third-order valence-corrected chi connectivity index (χ3v) is 5.20. The molecule has 0 aliphatic carbocycles. The van der Waals surface area contributed by atoms with Crippen molar-refractivity contribution in [3.05, 3.63) is 28.8 Å². The summed E-state index contributed by atoms with van der Waals surface area (Å²) in [6.07, 6.45) is 0.707. The van der Waals surface area contributed by atoms with Crippen molar-refractivity contribution in [1.29, 1.82) is 0 Å². The molecule has 102 valence electrons. The maximum absolute atomic E-state index is 12.4. The van der Waals surface area contributed by atoms with E-state index in [0.29, 0.717) is 30.1 Å². The van der Waals surface area contributed by atoms with E-state index in [1.54, 1.807) is 19.1 Å². The van der Waals surface area contributed by atoms with Crippen LogP contribution in [0.3, 0.4) is 0 Å². The first-order valence-corrected chi connectivity index (χ1v) is 7.25. The molecular formula is C11H16Cl2N2O2S. The lowest BCUT2D eigenvalue weighted by Crippen LogP contribution is -2.32. The summed E-state index contributed by atoms with van der Waals surface area (Å²) < 4.78 is 26.2. The Morgan fingerprint density at radius 2 is 2.11 bits per heavy atom. The molecule has 0 aromatic heterocycles. The second kappa shape index (κ2) is 5.75. The summed E-state index contributed by atoms with van der Waals surface area (Å²) in [6, 6.07) is 4.83. The van der Waals surface area contributed by atoms with Crippen molar-refractivity contribution in [2.75, 3.05) is 13.1 Å². The minimum atomic E-state index is -3.46. The molecule has 1 atom stereocenters. The van der Waals surface area contributed by atoms with Gasteiger partial charge in [0, 0.05) is 24.2 Å². The van der Waals surface area contributed by atoms with E-state index in [4.69, 9.17) is 17.3 Å². The van der Waals surface area contributed by atoms with Crippen molar-refractivity contribution in [2.24, 2.45) is 5.73 Å². The summed E-state index contributed by atoms with van der Waals surface area (Å²) >= 11 is 5.85. The van der Waals surface area contributed by atoms with E-state index in [9.17, 15) is 8.42 Å². The number of aryl methyl sites for hydroxylation is 1. The third kappa shape index (κ3) is 2.97. The number of hydrogen-bond donors (Lipinski definition) is 1. The zero-order chi connectivity index (χ0) is 12.6. The molecule has 2 rings (SSSR count). The lowest BCUT2D eigenvalue weighted by atomic mass is 10.2. The van der Waals surface area contributed by atoms with Gasteiger partial charge in [-0.15, -0.1) is 12.4 Å². The lowest BCUT2D eigenvalue weighted by molar-refractivity contribution is 0.472. The zero-order valence-electron chi connectivity index (χ0n) is 9.97. The predicted molar refractivity (Wildman–Crippen MR) is 74.8 cm³/mol. The highest BCUT2D eigenvalue weighted by atomic mass is 35.5. The van der Waals surface area contributed by atoms with Gasteiger partial charge in [-0.3, -0.25) is 0 Å². The number of nitrogens with two attached hydrogens (primary N) is 1. The molecule has 1 aromatic rings. The van der Waals surface area contributed by atoms with Crippen LogP contribution >= 0.6 is 24.0 Å². The van der Waals surface area contributed by atoms with Crippen LogP contribution in [0.15, 0.2) is 23.1 Å². The Bertz CT molecular complexity index is 534. The second-order valence-corrected chi connectivity index (χ2v) is 6.66. The third-order valence-electron chi connectivity index (χ3n) is 2.96. The number of halogens is 2. The molecule has 0 radical (unpaired) electrons. The van der Waals surface area contributed by atoms with Crippen LogP contribution in [-0.4, -0.2) is 31.9 Å². The first-order valence-electron chi connectivity index (χ1n) is 5.43. The number of sulfonamides is 1. The Hall–Kier alpha value is -0.330. The van der Waals surface area contributed by atoms with Crippen LogP contribution < -0.4 is 5.73 Å². The molecule has 1 aromatic carbocycles. The summed E-state index contributed by atoms with van der Waals surface area (Å²) in [6.45, 7) is 2.63. The Balaban J connectivity index is 0.00000162. The van der Waals surface area contributed by atoms with E-state index in [0.717, 1.165) is 0 Å². The number of nitrogens with zero attached hydrogens (tertiary/aromatic N) is 1. The van der Waals surface area contributed by atoms with E-state index < -0.39 is 10.0 Å². The minimum Gasteiger partial charge on any atom is -0.326 e. The van der Waals surface area contributed by atoms with Crippen molar-refractivity contribution in [3.63, 3.8) is 0 Å². The fourth-order valence-corrected chi connectivity index (χ4v) is 3.96. The van der Waals surface area contributed by atoms with Crippen LogP contribution in [0.4, 0.5) is 0 Å². The van der Waals surface area contributed by atoms with Gasteiger partial charge in [-0.25, -0.2) is 8.42 Å². The van der Waals surface area contributed by atoms with Crippen molar-refractivity contribution in [3.8, 4) is 0 Å². The fourth-order valence-electron chi connectivity index (χ4n) is 1.96. The van der Waals surface area contributed by atoms with Crippen molar-refractivity contribution in [2.45, 2.75) is 24.3 Å². The number of benzene rings is 1. The molecule has 1 aliphatic heterocycles. The Morgan fingerprint density at radius 1 is 1.44 bits per heavy atom. The number of rotatable bonds is 2. The van der Waals surface area contributed by atoms with E-state index in [-0.39, 0.29) is 23.3 Å². The number of hydrogen-bond acceptors (Lipinski definition) is 3. The van der Waals surface area contributed by atoms with Gasteiger partial charge >= 0.3 is 0 Å². The summed E-state index contributed by atoms with van der Waals surface area (Å²) in [5, 5.41) is 0.428. The molecule has 7 heteroatoms. The van der Waals surface area contributed by atoms with E-state index in [1.807, 2.05) is 0 Å². The average molecular weight is 311 g/mol. The SMILES string of the molecule is Cc1ccc(Cl)cc1S(=O)(=O)N1CCC(N)C1.Cl. The molecule has 0 saturated carbocycles. The molecule has 0 amide bonds. The molecular weight excluding hydrogens is 295 g/mol. The predicted octanol–water partition coefficient (Wildman–Crippen LogP) is 1.79. The zero-order valence-corrected chi connectivity index (χ0v) is 12.4. The van der Waals surface area contributed by atoms with Gasteiger partial charge in [0.05, 0.1) is 4.90 Å². The quantitative estimate of drug-likeness (QED) is 0.906. The normalized spacial score (nSPS) is 20.7. The highest BCUT2D eigenvalue weighted by Crippen LogP contribution is 2.25. The Labute approximate surface area is 119 Å². The van der Waals surface area contributed by atoms with Crippen LogP contribution in [0.5, 0.6) is 0 Å². The van der Waals surface area contributed by atoms with Gasteiger partial charge in [-0.05, 0) is 31.0 Å². The summed E-state index contributed by atoms with van der Waals surface area (Å²) in [5.41, 5.74) is 6.44.